The molecule has 0 aromatic carbocycles. The molecule has 2 unspecified atom stereocenters. The molecular formula is C13H21N3O3. The highest BCUT2D eigenvalue weighted by Crippen LogP contribution is 2.19. The van der Waals surface area contributed by atoms with Gasteiger partial charge in [0.15, 0.2) is 0 Å². The molecule has 6 nitrogen and oxygen atoms in total. The first-order valence-electron chi connectivity index (χ1n) is 7.01. The molecule has 2 heterocycles. The summed E-state index contributed by atoms with van der Waals surface area (Å²) in [5.41, 5.74) is 0. The molecule has 2 rings (SSSR count). The third kappa shape index (κ3) is 3.12. The lowest BCUT2D eigenvalue weighted by atomic mass is 9.98. The summed E-state index contributed by atoms with van der Waals surface area (Å²) in [6.07, 6.45) is 3.44. The number of carbonyl (C=O) groups is 3. The van der Waals surface area contributed by atoms with E-state index in [0.717, 1.165) is 25.8 Å². The van der Waals surface area contributed by atoms with Gasteiger partial charge >= 0.3 is 0 Å². The van der Waals surface area contributed by atoms with Gasteiger partial charge in [-0.05, 0) is 32.2 Å². The second-order valence-corrected chi connectivity index (χ2v) is 5.15. The van der Waals surface area contributed by atoms with Gasteiger partial charge in [0.25, 0.3) is 0 Å². The van der Waals surface area contributed by atoms with E-state index in [1.165, 1.54) is 0 Å². The summed E-state index contributed by atoms with van der Waals surface area (Å²) in [7, 11) is 0. The van der Waals surface area contributed by atoms with Crippen molar-refractivity contribution in [2.75, 3.05) is 13.1 Å². The number of amides is 3. The molecule has 2 N–H and O–H groups in total. The SMILES string of the molecule is CCCNC1CCCN(C2CCC(=O)NC2=O)C1=O. The Balaban J connectivity index is 2.00. The number of piperidine rings is 2. The quantitative estimate of drug-likeness (QED) is 0.690. The fraction of sp³-hybridized carbons (Fsp3) is 0.769. The number of likely N-dealkylation sites (tertiary alicyclic amines) is 1. The maximum Gasteiger partial charge on any atom is 0.249 e. The lowest BCUT2D eigenvalue weighted by Crippen LogP contribution is -2.60. The Morgan fingerprint density at radius 2 is 2.11 bits per heavy atom. The summed E-state index contributed by atoms with van der Waals surface area (Å²) in [6.45, 7) is 3.47. The first kappa shape index (κ1) is 14.0. The fourth-order valence-corrected chi connectivity index (χ4v) is 2.70. The number of nitrogens with one attached hydrogen (secondary N) is 2. The Hall–Kier alpha value is -1.43. The lowest BCUT2D eigenvalue weighted by molar-refractivity contribution is -0.148. The highest BCUT2D eigenvalue weighted by atomic mass is 16.2. The molecule has 2 saturated heterocycles. The minimum atomic E-state index is -0.476. The molecule has 106 valence electrons. The molecule has 2 aliphatic rings. The topological polar surface area (TPSA) is 78.5 Å². The molecule has 2 aliphatic heterocycles. The highest BCUT2D eigenvalue weighted by molar-refractivity contribution is 6.02. The van der Waals surface area contributed by atoms with Crippen molar-refractivity contribution in [3.63, 3.8) is 0 Å². The van der Waals surface area contributed by atoms with Gasteiger partial charge in [0.1, 0.15) is 6.04 Å². The third-order valence-electron chi connectivity index (χ3n) is 3.70. The van der Waals surface area contributed by atoms with Crippen molar-refractivity contribution in [3.8, 4) is 0 Å². The number of rotatable bonds is 4. The molecule has 3 amide bonds. The van der Waals surface area contributed by atoms with E-state index in [0.29, 0.717) is 19.4 Å². The minimum absolute atomic E-state index is 0.00537. The first-order chi connectivity index (χ1) is 9.13. The zero-order valence-electron chi connectivity index (χ0n) is 11.3. The van der Waals surface area contributed by atoms with E-state index in [-0.39, 0.29) is 23.8 Å². The van der Waals surface area contributed by atoms with Gasteiger partial charge in [-0.1, -0.05) is 6.92 Å². The van der Waals surface area contributed by atoms with E-state index in [1.807, 2.05) is 0 Å². The summed E-state index contributed by atoms with van der Waals surface area (Å²) in [5.74, 6) is -0.582. The van der Waals surface area contributed by atoms with E-state index in [4.69, 9.17) is 0 Å². The second-order valence-electron chi connectivity index (χ2n) is 5.15. The fourth-order valence-electron chi connectivity index (χ4n) is 2.70. The molecular weight excluding hydrogens is 246 g/mol. The van der Waals surface area contributed by atoms with Gasteiger partial charge < -0.3 is 10.2 Å². The summed E-state index contributed by atoms with van der Waals surface area (Å²) in [5, 5.41) is 5.54. The molecule has 2 atom stereocenters. The number of nitrogens with zero attached hydrogens (tertiary/aromatic N) is 1. The van der Waals surface area contributed by atoms with E-state index in [9.17, 15) is 14.4 Å². The maximum atomic E-state index is 12.4. The van der Waals surface area contributed by atoms with Gasteiger partial charge in [-0.15, -0.1) is 0 Å². The van der Waals surface area contributed by atoms with Crippen LogP contribution in [-0.4, -0.2) is 47.8 Å². The van der Waals surface area contributed by atoms with Crippen molar-refractivity contribution in [3.05, 3.63) is 0 Å². The first-order valence-corrected chi connectivity index (χ1v) is 7.01. The van der Waals surface area contributed by atoms with Crippen LogP contribution in [0.25, 0.3) is 0 Å². The maximum absolute atomic E-state index is 12.4. The zero-order chi connectivity index (χ0) is 13.8. The van der Waals surface area contributed by atoms with Crippen LogP contribution >= 0.6 is 0 Å². The molecule has 19 heavy (non-hydrogen) atoms. The standard InChI is InChI=1S/C13H21N3O3/c1-2-7-14-9-4-3-8-16(13(9)19)10-5-6-11(17)15-12(10)18/h9-10,14H,2-8H2,1H3,(H,15,17,18). The number of carbonyl (C=O) groups excluding carboxylic acids is 3. The smallest absolute Gasteiger partial charge is 0.249 e. The average molecular weight is 267 g/mol. The van der Waals surface area contributed by atoms with Crippen LogP contribution in [0.4, 0.5) is 0 Å². The Morgan fingerprint density at radius 3 is 2.79 bits per heavy atom. The van der Waals surface area contributed by atoms with Crippen LogP contribution in [0.3, 0.4) is 0 Å². The van der Waals surface area contributed by atoms with Crippen LogP contribution in [0.2, 0.25) is 0 Å². The molecule has 0 aliphatic carbocycles. The van der Waals surface area contributed by atoms with Crippen LogP contribution in [0, 0.1) is 0 Å². The zero-order valence-corrected chi connectivity index (χ0v) is 11.3. The van der Waals surface area contributed by atoms with Gasteiger partial charge in [0.2, 0.25) is 17.7 Å². The van der Waals surface area contributed by atoms with Gasteiger partial charge in [0.05, 0.1) is 6.04 Å². The third-order valence-corrected chi connectivity index (χ3v) is 3.70. The van der Waals surface area contributed by atoms with Crippen molar-refractivity contribution in [2.24, 2.45) is 0 Å². The summed E-state index contributed by atoms with van der Waals surface area (Å²) in [6, 6.07) is -0.657. The van der Waals surface area contributed by atoms with Gasteiger partial charge in [-0.3, -0.25) is 19.7 Å². The van der Waals surface area contributed by atoms with Gasteiger partial charge in [-0.2, -0.15) is 0 Å². The van der Waals surface area contributed by atoms with Crippen LogP contribution in [0.1, 0.15) is 39.0 Å². The molecule has 0 spiro atoms. The van der Waals surface area contributed by atoms with Crippen LogP contribution in [-0.2, 0) is 14.4 Å². The minimum Gasteiger partial charge on any atom is -0.329 e. The Kier molecular flexibility index (Phi) is 4.52. The highest BCUT2D eigenvalue weighted by Gasteiger charge is 2.38. The normalized spacial score (nSPS) is 28.5. The van der Waals surface area contributed by atoms with E-state index in [1.54, 1.807) is 4.90 Å². The number of hydrogen-bond acceptors (Lipinski definition) is 4. The van der Waals surface area contributed by atoms with Crippen molar-refractivity contribution < 1.29 is 14.4 Å². The van der Waals surface area contributed by atoms with Gasteiger partial charge in [0, 0.05) is 13.0 Å². The monoisotopic (exact) mass is 267 g/mol. The number of hydrogen-bond donors (Lipinski definition) is 2. The predicted octanol–water partition coefficient (Wildman–Crippen LogP) is -0.218. The summed E-state index contributed by atoms with van der Waals surface area (Å²) < 4.78 is 0. The largest absolute Gasteiger partial charge is 0.329 e. The number of imide groups is 1. The van der Waals surface area contributed by atoms with Crippen molar-refractivity contribution >= 4 is 17.7 Å². The van der Waals surface area contributed by atoms with Crippen molar-refractivity contribution in [2.45, 2.75) is 51.1 Å². The summed E-state index contributed by atoms with van der Waals surface area (Å²) >= 11 is 0. The molecule has 0 saturated carbocycles. The Morgan fingerprint density at radius 1 is 1.32 bits per heavy atom. The molecule has 0 bridgehead atoms. The van der Waals surface area contributed by atoms with E-state index in [2.05, 4.69) is 17.6 Å². The predicted molar refractivity (Wildman–Crippen MR) is 69.2 cm³/mol. The van der Waals surface area contributed by atoms with Crippen LogP contribution in [0.5, 0.6) is 0 Å². The van der Waals surface area contributed by atoms with Crippen molar-refractivity contribution in [1.29, 1.82) is 0 Å². The van der Waals surface area contributed by atoms with Crippen LogP contribution < -0.4 is 10.6 Å². The van der Waals surface area contributed by atoms with Crippen LogP contribution in [0.15, 0.2) is 0 Å². The molecule has 6 heteroatoms. The molecule has 2 fully saturated rings. The Labute approximate surface area is 112 Å². The van der Waals surface area contributed by atoms with Gasteiger partial charge in [-0.25, -0.2) is 0 Å². The Bertz CT molecular complexity index is 383. The lowest BCUT2D eigenvalue weighted by Gasteiger charge is -2.38. The second kappa shape index (κ2) is 6.14. The van der Waals surface area contributed by atoms with Crippen molar-refractivity contribution in [1.82, 2.24) is 15.5 Å². The molecule has 0 aromatic heterocycles. The van der Waals surface area contributed by atoms with E-state index >= 15 is 0 Å². The average Bonchev–Trinajstić information content (AvgIpc) is 2.38. The molecule has 0 aromatic rings. The van der Waals surface area contributed by atoms with E-state index < -0.39 is 6.04 Å². The summed E-state index contributed by atoms with van der Waals surface area (Å²) in [4.78, 5) is 37.0. The molecule has 0 radical (unpaired) electrons.